The van der Waals surface area contributed by atoms with Gasteiger partial charge in [0.25, 0.3) is 0 Å². The Bertz CT molecular complexity index is 3550. The van der Waals surface area contributed by atoms with Crippen LogP contribution in [0.15, 0.2) is 199 Å². The molecule has 0 unspecified atom stereocenters. The maximum atomic E-state index is 7.16. The molecule has 0 aliphatic carbocycles. The van der Waals surface area contributed by atoms with E-state index in [0.29, 0.717) is 17.5 Å². The third kappa shape index (κ3) is 5.07. The first-order valence-electron chi connectivity index (χ1n) is 19.5. The van der Waals surface area contributed by atoms with Crippen LogP contribution in [0.3, 0.4) is 0 Å². The normalized spacial score (nSPS) is 11.8. The zero-order chi connectivity index (χ0) is 38.2. The summed E-state index contributed by atoms with van der Waals surface area (Å²) in [5.74, 6) is 1.80. The predicted molar refractivity (Wildman–Crippen MR) is 238 cm³/mol. The fraction of sp³-hybridized carbons (Fsp3) is 0. The highest BCUT2D eigenvalue weighted by atomic mass is 16.3. The van der Waals surface area contributed by atoms with E-state index in [1.54, 1.807) is 0 Å². The molecule has 0 aliphatic heterocycles. The predicted octanol–water partition coefficient (Wildman–Crippen LogP) is 13.8. The maximum Gasteiger partial charge on any atom is 0.164 e. The second-order valence-electron chi connectivity index (χ2n) is 14.8. The standard InChI is InChI=1S/C53H32N4O/c1-3-14-33(15-4-1)34-26-28-36(29-27-34)52-54-51(35-16-5-2-6-17-35)55-53(56-52)44-31-39-20-9-10-21-40(39)50-48(44)42-23-13-25-46(49(42)58-50)57-45-24-12-11-22-41(45)43-30-37-18-7-8-19-38(37)32-47(43)57/h1-32H. The summed E-state index contributed by atoms with van der Waals surface area (Å²) in [5.41, 5.74) is 9.86. The molecule has 0 amide bonds. The molecular weight excluding hydrogens is 709 g/mol. The van der Waals surface area contributed by atoms with Crippen molar-refractivity contribution in [1.29, 1.82) is 0 Å². The van der Waals surface area contributed by atoms with Crippen LogP contribution in [-0.2, 0) is 0 Å². The molecule has 0 bridgehead atoms. The number of benzene rings is 9. The molecule has 0 fully saturated rings. The van der Waals surface area contributed by atoms with E-state index in [4.69, 9.17) is 19.4 Å². The number of nitrogens with zero attached hydrogens (tertiary/aromatic N) is 4. The Kier molecular flexibility index (Phi) is 7.16. The van der Waals surface area contributed by atoms with Crippen LogP contribution in [0.25, 0.3) is 116 Å². The van der Waals surface area contributed by atoms with Crippen molar-refractivity contribution in [3.63, 3.8) is 0 Å². The molecule has 0 spiro atoms. The van der Waals surface area contributed by atoms with Gasteiger partial charge in [-0.2, -0.15) is 0 Å². The number of hydrogen-bond acceptors (Lipinski definition) is 4. The van der Waals surface area contributed by atoms with Crippen LogP contribution in [0.5, 0.6) is 0 Å². The van der Waals surface area contributed by atoms with Gasteiger partial charge in [-0.15, -0.1) is 0 Å². The number of aromatic nitrogens is 4. The fourth-order valence-corrected chi connectivity index (χ4v) is 8.67. The summed E-state index contributed by atoms with van der Waals surface area (Å²) in [6.45, 7) is 0. The highest BCUT2D eigenvalue weighted by Gasteiger charge is 2.23. The summed E-state index contributed by atoms with van der Waals surface area (Å²) in [6.07, 6.45) is 0. The van der Waals surface area contributed by atoms with Crippen molar-refractivity contribution in [1.82, 2.24) is 19.5 Å². The summed E-state index contributed by atoms with van der Waals surface area (Å²) in [7, 11) is 0. The van der Waals surface area contributed by atoms with Gasteiger partial charge in [0, 0.05) is 43.6 Å². The second kappa shape index (κ2) is 12.8. The lowest BCUT2D eigenvalue weighted by atomic mass is 9.99. The van der Waals surface area contributed by atoms with Crippen LogP contribution >= 0.6 is 0 Å². The van der Waals surface area contributed by atoms with Gasteiger partial charge in [-0.1, -0.05) is 164 Å². The van der Waals surface area contributed by atoms with Crippen molar-refractivity contribution < 1.29 is 4.42 Å². The molecule has 0 atom stereocenters. The van der Waals surface area contributed by atoms with Crippen LogP contribution < -0.4 is 0 Å². The van der Waals surface area contributed by atoms with Crippen molar-refractivity contribution in [2.75, 3.05) is 0 Å². The Balaban J connectivity index is 1.13. The third-order valence-electron chi connectivity index (χ3n) is 11.4. The Morgan fingerprint density at radius 3 is 1.66 bits per heavy atom. The van der Waals surface area contributed by atoms with Gasteiger partial charge in [0.2, 0.25) is 0 Å². The Morgan fingerprint density at radius 1 is 0.345 bits per heavy atom. The summed E-state index contributed by atoms with van der Waals surface area (Å²) in [5, 5.41) is 8.86. The molecule has 0 N–H and O–H groups in total. The minimum atomic E-state index is 0.586. The van der Waals surface area contributed by atoms with Crippen molar-refractivity contribution in [3.05, 3.63) is 194 Å². The van der Waals surface area contributed by atoms with E-state index in [-0.39, 0.29) is 0 Å². The van der Waals surface area contributed by atoms with Crippen molar-refractivity contribution in [2.24, 2.45) is 0 Å². The topological polar surface area (TPSA) is 56.7 Å². The molecule has 5 nitrogen and oxygen atoms in total. The molecule has 12 rings (SSSR count). The van der Waals surface area contributed by atoms with Gasteiger partial charge in [-0.05, 0) is 57.6 Å². The van der Waals surface area contributed by atoms with E-state index in [1.165, 1.54) is 21.5 Å². The average Bonchev–Trinajstić information content (AvgIpc) is 3.85. The van der Waals surface area contributed by atoms with Gasteiger partial charge < -0.3 is 8.98 Å². The van der Waals surface area contributed by atoms with Crippen molar-refractivity contribution in [3.8, 4) is 51.0 Å². The number of hydrogen-bond donors (Lipinski definition) is 0. The zero-order valence-electron chi connectivity index (χ0n) is 31.2. The van der Waals surface area contributed by atoms with Gasteiger partial charge >= 0.3 is 0 Å². The maximum absolute atomic E-state index is 7.16. The lowest BCUT2D eigenvalue weighted by Crippen LogP contribution is -2.00. The molecule has 0 aliphatic rings. The number of fused-ring (bicyclic) bond motifs is 9. The fourth-order valence-electron chi connectivity index (χ4n) is 8.67. The van der Waals surface area contributed by atoms with Crippen LogP contribution in [0.1, 0.15) is 0 Å². The van der Waals surface area contributed by atoms with E-state index >= 15 is 0 Å². The molecule has 0 saturated heterocycles. The molecular formula is C53H32N4O. The largest absolute Gasteiger partial charge is 0.453 e. The Hall–Kier alpha value is -7.89. The first-order valence-corrected chi connectivity index (χ1v) is 19.5. The molecule has 9 aromatic carbocycles. The van der Waals surface area contributed by atoms with Crippen LogP contribution in [-0.4, -0.2) is 19.5 Å². The van der Waals surface area contributed by atoms with E-state index in [0.717, 1.165) is 77.2 Å². The minimum Gasteiger partial charge on any atom is -0.453 e. The number of furan rings is 1. The van der Waals surface area contributed by atoms with Crippen LogP contribution in [0.4, 0.5) is 0 Å². The third-order valence-corrected chi connectivity index (χ3v) is 11.4. The van der Waals surface area contributed by atoms with E-state index in [1.807, 2.05) is 36.4 Å². The minimum absolute atomic E-state index is 0.586. The molecule has 3 heterocycles. The van der Waals surface area contributed by atoms with E-state index < -0.39 is 0 Å². The SMILES string of the molecule is c1ccc(-c2ccc(-c3nc(-c4ccccc4)nc(-c4cc5ccccc5c5oc6c(-n7c8ccccc8c8cc9ccccc9cc87)cccc6c45)n3)cc2)cc1. The van der Waals surface area contributed by atoms with Crippen molar-refractivity contribution >= 4 is 65.3 Å². The summed E-state index contributed by atoms with van der Waals surface area (Å²) >= 11 is 0. The van der Waals surface area contributed by atoms with Crippen LogP contribution in [0.2, 0.25) is 0 Å². The molecule has 58 heavy (non-hydrogen) atoms. The average molecular weight is 741 g/mol. The number of para-hydroxylation sites is 2. The lowest BCUT2D eigenvalue weighted by molar-refractivity contribution is 0.670. The zero-order valence-corrected chi connectivity index (χ0v) is 31.2. The summed E-state index contributed by atoms with van der Waals surface area (Å²) in [6, 6.07) is 67.9. The lowest BCUT2D eigenvalue weighted by Gasteiger charge is -2.11. The van der Waals surface area contributed by atoms with Gasteiger partial charge in [-0.3, -0.25) is 0 Å². The quantitative estimate of drug-likeness (QED) is 0.176. The van der Waals surface area contributed by atoms with Crippen molar-refractivity contribution in [2.45, 2.75) is 0 Å². The molecule has 3 aromatic heterocycles. The first-order chi connectivity index (χ1) is 28.7. The van der Waals surface area contributed by atoms with Gasteiger partial charge in [-0.25, -0.2) is 15.0 Å². The molecule has 5 heteroatoms. The van der Waals surface area contributed by atoms with Gasteiger partial charge in [0.15, 0.2) is 23.1 Å². The summed E-state index contributed by atoms with van der Waals surface area (Å²) in [4.78, 5) is 15.6. The molecule has 0 saturated carbocycles. The van der Waals surface area contributed by atoms with Gasteiger partial charge in [0.1, 0.15) is 5.58 Å². The molecule has 270 valence electrons. The summed E-state index contributed by atoms with van der Waals surface area (Å²) < 4.78 is 9.52. The monoisotopic (exact) mass is 740 g/mol. The Morgan fingerprint density at radius 2 is 0.897 bits per heavy atom. The second-order valence-corrected chi connectivity index (χ2v) is 14.8. The van der Waals surface area contributed by atoms with Gasteiger partial charge in [0.05, 0.1) is 16.7 Å². The smallest absolute Gasteiger partial charge is 0.164 e. The van der Waals surface area contributed by atoms with E-state index in [9.17, 15) is 0 Å². The van der Waals surface area contributed by atoms with E-state index in [2.05, 4.69) is 162 Å². The van der Waals surface area contributed by atoms with Crippen LogP contribution in [0, 0.1) is 0 Å². The highest BCUT2D eigenvalue weighted by molar-refractivity contribution is 6.22. The number of rotatable bonds is 5. The molecule has 12 aromatic rings. The highest BCUT2D eigenvalue weighted by Crippen LogP contribution is 2.44. The Labute approximate surface area is 333 Å². The molecule has 0 radical (unpaired) electrons. The first kappa shape index (κ1) is 32.4.